The summed E-state index contributed by atoms with van der Waals surface area (Å²) < 4.78 is 32.6. The molecular weight excluding hydrogens is 344 g/mol. The SMILES string of the molecule is CC1CCC(CNS(=O)(=O)c2cc(CN)oc2Br)CC1. The Kier molecular flexibility index (Phi) is 5.28. The van der Waals surface area contributed by atoms with Crippen molar-refractivity contribution in [2.24, 2.45) is 17.6 Å². The van der Waals surface area contributed by atoms with E-state index in [4.69, 9.17) is 10.2 Å². The standard InChI is InChI=1S/C13H21BrN2O3S/c1-9-2-4-10(5-3-9)8-16-20(17,18)12-6-11(7-15)19-13(12)14/h6,9-10,16H,2-5,7-8,15H2,1H3. The molecule has 0 unspecified atom stereocenters. The first kappa shape index (κ1) is 16.0. The monoisotopic (exact) mass is 364 g/mol. The summed E-state index contributed by atoms with van der Waals surface area (Å²) in [6, 6.07) is 1.47. The largest absolute Gasteiger partial charge is 0.452 e. The summed E-state index contributed by atoms with van der Waals surface area (Å²) in [5, 5.41) is 0. The van der Waals surface area contributed by atoms with Crippen LogP contribution >= 0.6 is 15.9 Å². The number of sulfonamides is 1. The highest BCUT2D eigenvalue weighted by molar-refractivity contribution is 9.10. The summed E-state index contributed by atoms with van der Waals surface area (Å²) in [4.78, 5) is 0.127. The van der Waals surface area contributed by atoms with E-state index in [0.29, 0.717) is 18.2 Å². The van der Waals surface area contributed by atoms with Gasteiger partial charge in [0.2, 0.25) is 10.0 Å². The number of furan rings is 1. The number of nitrogens with two attached hydrogens (primary N) is 1. The third-order valence-electron chi connectivity index (χ3n) is 3.89. The number of halogens is 1. The van der Waals surface area contributed by atoms with Gasteiger partial charge < -0.3 is 10.2 Å². The van der Waals surface area contributed by atoms with Gasteiger partial charge in [-0.3, -0.25) is 0 Å². The van der Waals surface area contributed by atoms with Crippen LogP contribution in [0.25, 0.3) is 0 Å². The van der Waals surface area contributed by atoms with Crippen molar-refractivity contribution in [3.8, 4) is 0 Å². The topological polar surface area (TPSA) is 85.3 Å². The average molecular weight is 365 g/mol. The molecule has 1 heterocycles. The fourth-order valence-corrected chi connectivity index (χ4v) is 4.63. The predicted octanol–water partition coefficient (Wildman–Crippen LogP) is 2.61. The zero-order chi connectivity index (χ0) is 14.8. The molecular formula is C13H21BrN2O3S. The zero-order valence-electron chi connectivity index (χ0n) is 11.6. The van der Waals surface area contributed by atoms with Crippen LogP contribution in [0.2, 0.25) is 0 Å². The average Bonchev–Trinajstić information content (AvgIpc) is 2.80. The van der Waals surface area contributed by atoms with Crippen LogP contribution in [-0.4, -0.2) is 15.0 Å². The van der Waals surface area contributed by atoms with Crippen LogP contribution in [0.4, 0.5) is 0 Å². The second kappa shape index (κ2) is 6.60. The lowest BCUT2D eigenvalue weighted by molar-refractivity contribution is 0.290. The van der Waals surface area contributed by atoms with E-state index in [2.05, 4.69) is 27.6 Å². The lowest BCUT2D eigenvalue weighted by atomic mass is 9.83. The first-order valence-corrected chi connectivity index (χ1v) is 9.18. The lowest BCUT2D eigenvalue weighted by Crippen LogP contribution is -2.31. The first-order valence-electron chi connectivity index (χ1n) is 6.90. The Morgan fingerprint density at radius 2 is 2.05 bits per heavy atom. The molecule has 0 atom stereocenters. The Labute approximate surface area is 128 Å². The van der Waals surface area contributed by atoms with Crippen molar-refractivity contribution >= 4 is 26.0 Å². The van der Waals surface area contributed by atoms with Crippen LogP contribution in [0.5, 0.6) is 0 Å². The molecule has 1 aromatic heterocycles. The van der Waals surface area contributed by atoms with Gasteiger partial charge in [0.15, 0.2) is 4.67 Å². The fraction of sp³-hybridized carbons (Fsp3) is 0.692. The van der Waals surface area contributed by atoms with Crippen molar-refractivity contribution < 1.29 is 12.8 Å². The van der Waals surface area contributed by atoms with E-state index in [-0.39, 0.29) is 16.1 Å². The molecule has 0 bridgehead atoms. The first-order chi connectivity index (χ1) is 9.42. The van der Waals surface area contributed by atoms with Gasteiger partial charge in [-0.25, -0.2) is 13.1 Å². The smallest absolute Gasteiger partial charge is 0.244 e. The molecule has 0 saturated heterocycles. The second-order valence-corrected chi connectivity index (χ2v) is 7.99. The number of nitrogens with one attached hydrogen (secondary N) is 1. The van der Waals surface area contributed by atoms with Crippen LogP contribution in [0.3, 0.4) is 0 Å². The van der Waals surface area contributed by atoms with Gasteiger partial charge in [-0.05, 0) is 40.6 Å². The minimum atomic E-state index is -3.54. The van der Waals surface area contributed by atoms with E-state index in [0.717, 1.165) is 18.8 Å². The molecule has 2 rings (SSSR count). The van der Waals surface area contributed by atoms with Crippen molar-refractivity contribution in [2.75, 3.05) is 6.54 Å². The van der Waals surface area contributed by atoms with E-state index in [1.165, 1.54) is 18.9 Å². The minimum Gasteiger partial charge on any atom is -0.452 e. The maximum absolute atomic E-state index is 12.2. The molecule has 1 aliphatic carbocycles. The molecule has 0 spiro atoms. The Morgan fingerprint density at radius 3 is 2.60 bits per heavy atom. The quantitative estimate of drug-likeness (QED) is 0.840. The second-order valence-electron chi connectivity index (χ2n) is 5.53. The lowest BCUT2D eigenvalue weighted by Gasteiger charge is -2.26. The van der Waals surface area contributed by atoms with Crippen molar-refractivity contribution in [3.05, 3.63) is 16.5 Å². The van der Waals surface area contributed by atoms with E-state index in [1.54, 1.807) is 0 Å². The summed E-state index contributed by atoms with van der Waals surface area (Å²) in [6.07, 6.45) is 4.53. The molecule has 20 heavy (non-hydrogen) atoms. The predicted molar refractivity (Wildman–Crippen MR) is 80.6 cm³/mol. The summed E-state index contributed by atoms with van der Waals surface area (Å²) in [5.41, 5.74) is 5.45. The van der Waals surface area contributed by atoms with Crippen molar-refractivity contribution in [3.63, 3.8) is 0 Å². The van der Waals surface area contributed by atoms with Gasteiger partial charge in [0.1, 0.15) is 10.7 Å². The van der Waals surface area contributed by atoms with Crippen molar-refractivity contribution in [1.82, 2.24) is 4.72 Å². The van der Waals surface area contributed by atoms with Crippen LogP contribution in [-0.2, 0) is 16.6 Å². The van der Waals surface area contributed by atoms with Gasteiger partial charge in [-0.15, -0.1) is 0 Å². The molecule has 7 heteroatoms. The molecule has 3 N–H and O–H groups in total. The van der Waals surface area contributed by atoms with Gasteiger partial charge in [-0.2, -0.15) is 0 Å². The third kappa shape index (κ3) is 3.84. The van der Waals surface area contributed by atoms with E-state index in [1.807, 2.05) is 0 Å². The van der Waals surface area contributed by atoms with Crippen LogP contribution < -0.4 is 10.5 Å². The van der Waals surface area contributed by atoms with Crippen LogP contribution in [0.1, 0.15) is 38.4 Å². The summed E-state index contributed by atoms with van der Waals surface area (Å²) in [5.74, 6) is 1.64. The molecule has 1 fully saturated rings. The number of hydrogen-bond donors (Lipinski definition) is 2. The van der Waals surface area contributed by atoms with Gasteiger partial charge >= 0.3 is 0 Å². The highest BCUT2D eigenvalue weighted by Gasteiger charge is 2.24. The third-order valence-corrected chi connectivity index (χ3v) is 6.18. The Bertz CT molecular complexity index is 548. The summed E-state index contributed by atoms with van der Waals surface area (Å²) >= 11 is 3.13. The van der Waals surface area contributed by atoms with Crippen molar-refractivity contribution in [2.45, 2.75) is 44.0 Å². The summed E-state index contributed by atoms with van der Waals surface area (Å²) in [7, 11) is -3.54. The Hall–Kier alpha value is -0.370. The van der Waals surface area contributed by atoms with E-state index in [9.17, 15) is 8.42 Å². The number of rotatable bonds is 5. The Morgan fingerprint density at radius 1 is 1.40 bits per heavy atom. The molecule has 1 aliphatic rings. The highest BCUT2D eigenvalue weighted by Crippen LogP contribution is 2.29. The minimum absolute atomic E-state index is 0.127. The fourth-order valence-electron chi connectivity index (χ4n) is 2.52. The van der Waals surface area contributed by atoms with Gasteiger partial charge in [0.25, 0.3) is 0 Å². The van der Waals surface area contributed by atoms with Gasteiger partial charge in [0.05, 0.1) is 6.54 Å². The van der Waals surface area contributed by atoms with E-state index < -0.39 is 10.0 Å². The zero-order valence-corrected chi connectivity index (χ0v) is 14.0. The molecule has 5 nitrogen and oxygen atoms in total. The molecule has 0 radical (unpaired) electrons. The summed E-state index contributed by atoms with van der Waals surface area (Å²) in [6.45, 7) is 2.91. The van der Waals surface area contributed by atoms with Crippen molar-refractivity contribution in [1.29, 1.82) is 0 Å². The van der Waals surface area contributed by atoms with Gasteiger partial charge in [0, 0.05) is 12.6 Å². The molecule has 1 aromatic rings. The van der Waals surface area contributed by atoms with E-state index >= 15 is 0 Å². The van der Waals surface area contributed by atoms with Crippen LogP contribution in [0, 0.1) is 11.8 Å². The normalized spacial score (nSPS) is 23.9. The molecule has 0 aromatic carbocycles. The molecule has 1 saturated carbocycles. The Balaban J connectivity index is 1.98. The molecule has 114 valence electrons. The van der Waals surface area contributed by atoms with Crippen LogP contribution in [0.15, 0.2) is 20.0 Å². The van der Waals surface area contributed by atoms with Gasteiger partial charge in [-0.1, -0.05) is 19.8 Å². The maximum Gasteiger partial charge on any atom is 0.244 e. The molecule has 0 aliphatic heterocycles. The number of hydrogen-bond acceptors (Lipinski definition) is 4. The molecule has 0 amide bonds. The maximum atomic E-state index is 12.2. The highest BCUT2D eigenvalue weighted by atomic mass is 79.9.